The van der Waals surface area contributed by atoms with Gasteiger partial charge in [-0.3, -0.25) is 10.1 Å². The van der Waals surface area contributed by atoms with Crippen LogP contribution in [0.1, 0.15) is 0 Å². The Labute approximate surface area is 106 Å². The summed E-state index contributed by atoms with van der Waals surface area (Å²) in [4.78, 5) is 14.2. The maximum absolute atomic E-state index is 10.5. The summed E-state index contributed by atoms with van der Waals surface area (Å²) in [6.07, 6.45) is 3.40. The quantitative estimate of drug-likeness (QED) is 0.526. The Morgan fingerprint density at radius 1 is 1.28 bits per heavy atom. The molecular formula is C11H6ClN3O3. The van der Waals surface area contributed by atoms with Crippen LogP contribution in [0.15, 0.2) is 41.1 Å². The molecule has 0 aliphatic rings. The number of hydrogen-bond acceptors (Lipinski definition) is 4. The molecule has 0 amide bonds. The fraction of sp³-hybridized carbons (Fsp3) is 0. The first-order valence-electron chi connectivity index (χ1n) is 5.02. The number of hydrogen-bond donors (Lipinski definition) is 0. The van der Waals surface area contributed by atoms with Gasteiger partial charge in [-0.2, -0.15) is 0 Å². The van der Waals surface area contributed by atoms with Crippen LogP contribution in [0.25, 0.3) is 17.1 Å². The van der Waals surface area contributed by atoms with E-state index in [-0.39, 0.29) is 5.88 Å². The van der Waals surface area contributed by atoms with E-state index in [0.717, 1.165) is 0 Å². The predicted molar refractivity (Wildman–Crippen MR) is 64.6 cm³/mol. The van der Waals surface area contributed by atoms with Crippen LogP contribution in [0, 0.1) is 10.1 Å². The lowest BCUT2D eigenvalue weighted by Gasteiger charge is -1.91. The third-order valence-electron chi connectivity index (χ3n) is 2.44. The summed E-state index contributed by atoms with van der Waals surface area (Å²) in [5, 5.41) is 11.1. The van der Waals surface area contributed by atoms with Crippen molar-refractivity contribution in [3.05, 3.63) is 51.8 Å². The summed E-state index contributed by atoms with van der Waals surface area (Å²) in [6, 6.07) is 6.29. The SMILES string of the molecule is O=[N+]([O-])c1ccc(-c2cn3cc(Cl)ccc3n2)o1. The van der Waals surface area contributed by atoms with Crippen LogP contribution < -0.4 is 0 Å². The third-order valence-corrected chi connectivity index (χ3v) is 2.66. The molecule has 0 aliphatic carbocycles. The van der Waals surface area contributed by atoms with Crippen LogP contribution in [-0.4, -0.2) is 14.3 Å². The molecule has 0 spiro atoms. The molecule has 0 aromatic carbocycles. The predicted octanol–water partition coefficient (Wildman–Crippen LogP) is 3.16. The highest BCUT2D eigenvalue weighted by atomic mass is 35.5. The van der Waals surface area contributed by atoms with E-state index in [9.17, 15) is 10.1 Å². The Morgan fingerprint density at radius 3 is 2.83 bits per heavy atom. The molecule has 0 bridgehead atoms. The van der Waals surface area contributed by atoms with Gasteiger partial charge in [-0.25, -0.2) is 4.98 Å². The average molecular weight is 264 g/mol. The van der Waals surface area contributed by atoms with E-state index in [1.165, 1.54) is 12.1 Å². The Bertz CT molecular complexity index is 747. The summed E-state index contributed by atoms with van der Waals surface area (Å²) in [5.41, 5.74) is 1.21. The highest BCUT2D eigenvalue weighted by Crippen LogP contribution is 2.26. The molecule has 3 aromatic heterocycles. The van der Waals surface area contributed by atoms with Crippen molar-refractivity contribution in [1.29, 1.82) is 0 Å². The van der Waals surface area contributed by atoms with Crippen LogP contribution in [0.4, 0.5) is 5.88 Å². The van der Waals surface area contributed by atoms with Crippen molar-refractivity contribution in [1.82, 2.24) is 9.38 Å². The Kier molecular flexibility index (Phi) is 2.31. The van der Waals surface area contributed by atoms with E-state index in [4.69, 9.17) is 16.0 Å². The van der Waals surface area contributed by atoms with E-state index >= 15 is 0 Å². The molecule has 90 valence electrons. The van der Waals surface area contributed by atoms with Crippen molar-refractivity contribution in [2.24, 2.45) is 0 Å². The van der Waals surface area contributed by atoms with Gasteiger partial charge in [0.25, 0.3) is 0 Å². The molecule has 0 radical (unpaired) electrons. The molecule has 0 aliphatic heterocycles. The van der Waals surface area contributed by atoms with Crippen LogP contribution >= 0.6 is 11.6 Å². The highest BCUT2D eigenvalue weighted by molar-refractivity contribution is 6.30. The molecule has 0 saturated carbocycles. The summed E-state index contributed by atoms with van der Waals surface area (Å²) >= 11 is 5.86. The molecule has 3 heterocycles. The number of furan rings is 1. The Hall–Kier alpha value is -2.34. The maximum Gasteiger partial charge on any atom is 0.433 e. The second-order valence-corrected chi connectivity index (χ2v) is 4.07. The number of fused-ring (bicyclic) bond motifs is 1. The van der Waals surface area contributed by atoms with Crippen LogP contribution in [0.5, 0.6) is 0 Å². The van der Waals surface area contributed by atoms with E-state index in [1.807, 2.05) is 0 Å². The van der Waals surface area contributed by atoms with Crippen molar-refractivity contribution in [3.63, 3.8) is 0 Å². The summed E-state index contributed by atoms with van der Waals surface area (Å²) in [6.45, 7) is 0. The first-order valence-corrected chi connectivity index (χ1v) is 5.40. The van der Waals surface area contributed by atoms with Crippen molar-refractivity contribution in [3.8, 4) is 11.5 Å². The van der Waals surface area contributed by atoms with Gasteiger partial charge >= 0.3 is 5.88 Å². The number of imidazole rings is 1. The average Bonchev–Trinajstić information content (AvgIpc) is 2.93. The number of rotatable bonds is 2. The minimum atomic E-state index is -0.587. The van der Waals surface area contributed by atoms with Crippen molar-refractivity contribution < 1.29 is 9.34 Å². The molecule has 3 aromatic rings. The number of pyridine rings is 1. The smallest absolute Gasteiger partial charge is 0.399 e. The zero-order valence-electron chi connectivity index (χ0n) is 8.91. The van der Waals surface area contributed by atoms with Crippen LogP contribution in [0.3, 0.4) is 0 Å². The van der Waals surface area contributed by atoms with Gasteiger partial charge in [0.1, 0.15) is 16.3 Å². The van der Waals surface area contributed by atoms with Crippen molar-refractivity contribution in [2.75, 3.05) is 0 Å². The lowest BCUT2D eigenvalue weighted by Crippen LogP contribution is -1.82. The van der Waals surface area contributed by atoms with Gasteiger partial charge in [0, 0.05) is 12.4 Å². The normalized spacial score (nSPS) is 10.9. The van der Waals surface area contributed by atoms with Gasteiger partial charge in [-0.05, 0) is 18.2 Å². The van der Waals surface area contributed by atoms with Gasteiger partial charge < -0.3 is 8.82 Å². The molecule has 0 unspecified atom stereocenters. The van der Waals surface area contributed by atoms with E-state index in [0.29, 0.717) is 22.1 Å². The van der Waals surface area contributed by atoms with Gasteiger partial charge in [-0.1, -0.05) is 11.6 Å². The molecule has 0 N–H and O–H groups in total. The minimum Gasteiger partial charge on any atom is -0.399 e. The zero-order chi connectivity index (χ0) is 12.7. The largest absolute Gasteiger partial charge is 0.433 e. The first-order chi connectivity index (χ1) is 8.63. The lowest BCUT2D eigenvalue weighted by atomic mass is 10.4. The molecule has 0 fully saturated rings. The van der Waals surface area contributed by atoms with Gasteiger partial charge in [0.05, 0.1) is 11.1 Å². The van der Waals surface area contributed by atoms with Gasteiger partial charge in [-0.15, -0.1) is 0 Å². The topological polar surface area (TPSA) is 73.6 Å². The second-order valence-electron chi connectivity index (χ2n) is 3.63. The molecule has 7 heteroatoms. The van der Waals surface area contributed by atoms with Gasteiger partial charge in [0.15, 0.2) is 5.76 Å². The summed E-state index contributed by atoms with van der Waals surface area (Å²) < 4.78 is 6.81. The fourth-order valence-electron chi connectivity index (χ4n) is 1.65. The van der Waals surface area contributed by atoms with Crippen LogP contribution in [0.2, 0.25) is 5.02 Å². The highest BCUT2D eigenvalue weighted by Gasteiger charge is 2.15. The second kappa shape index (κ2) is 3.85. The third kappa shape index (κ3) is 1.72. The van der Waals surface area contributed by atoms with E-state index < -0.39 is 4.92 Å². The number of nitrogens with zero attached hydrogens (tertiary/aromatic N) is 3. The number of halogens is 1. The van der Waals surface area contributed by atoms with Gasteiger partial charge in [0.2, 0.25) is 0 Å². The van der Waals surface area contributed by atoms with Crippen LogP contribution in [-0.2, 0) is 0 Å². The Balaban J connectivity index is 2.10. The monoisotopic (exact) mass is 263 g/mol. The fourth-order valence-corrected chi connectivity index (χ4v) is 1.81. The standard InChI is InChI=1S/C11H6ClN3O3/c12-7-1-3-10-13-8(6-14(10)5-7)9-2-4-11(18-9)15(16)17/h1-6H. The van der Waals surface area contributed by atoms with Crippen molar-refractivity contribution in [2.45, 2.75) is 0 Å². The molecule has 6 nitrogen and oxygen atoms in total. The molecule has 0 atom stereocenters. The number of nitro groups is 1. The Morgan fingerprint density at radius 2 is 2.11 bits per heavy atom. The molecule has 18 heavy (non-hydrogen) atoms. The summed E-state index contributed by atoms with van der Waals surface area (Å²) in [5.74, 6) is 0.0432. The maximum atomic E-state index is 10.5. The summed E-state index contributed by atoms with van der Waals surface area (Å²) in [7, 11) is 0. The minimum absolute atomic E-state index is 0.305. The first kappa shape index (κ1) is 10.8. The molecule has 0 saturated heterocycles. The molecular weight excluding hydrogens is 258 g/mol. The lowest BCUT2D eigenvalue weighted by molar-refractivity contribution is -0.401. The van der Waals surface area contributed by atoms with E-state index in [2.05, 4.69) is 4.98 Å². The molecule has 3 rings (SSSR count). The van der Waals surface area contributed by atoms with Crippen molar-refractivity contribution >= 4 is 23.1 Å². The van der Waals surface area contributed by atoms with E-state index in [1.54, 1.807) is 28.9 Å². The zero-order valence-corrected chi connectivity index (χ0v) is 9.66. The number of aromatic nitrogens is 2.